The van der Waals surface area contributed by atoms with Crippen LogP contribution in [0.2, 0.25) is 0 Å². The van der Waals surface area contributed by atoms with E-state index in [1.807, 2.05) is 6.07 Å². The highest BCUT2D eigenvalue weighted by Gasteiger charge is 2.07. The van der Waals surface area contributed by atoms with Crippen LogP contribution >= 0.6 is 0 Å². The summed E-state index contributed by atoms with van der Waals surface area (Å²) >= 11 is 0. The molecule has 1 aromatic heterocycles. The zero-order valence-corrected chi connectivity index (χ0v) is 9.36. The molecule has 0 aliphatic heterocycles. The largest absolute Gasteiger partial charge is 0.360 e. The third-order valence-electron chi connectivity index (χ3n) is 1.96. The standard InChI is InChI=1S/C10H14N4O2/c1-8-7-9(13-16-8)12-10(15)3-5-14(2)6-4-11/h7H,3,5-6H2,1-2H3,(H,12,13,15). The summed E-state index contributed by atoms with van der Waals surface area (Å²) in [4.78, 5) is 13.2. The number of carbonyl (C=O) groups excluding carboxylic acids is 1. The minimum absolute atomic E-state index is 0.141. The minimum atomic E-state index is -0.141. The fourth-order valence-corrected chi connectivity index (χ4v) is 1.12. The van der Waals surface area contributed by atoms with Crippen LogP contribution in [0, 0.1) is 18.3 Å². The molecule has 6 nitrogen and oxygen atoms in total. The molecule has 0 unspecified atom stereocenters. The van der Waals surface area contributed by atoms with E-state index in [1.165, 1.54) is 0 Å². The predicted molar refractivity (Wildman–Crippen MR) is 57.6 cm³/mol. The summed E-state index contributed by atoms with van der Waals surface area (Å²) in [6, 6.07) is 3.66. The smallest absolute Gasteiger partial charge is 0.226 e. The van der Waals surface area contributed by atoms with Crippen LogP contribution in [0.5, 0.6) is 0 Å². The van der Waals surface area contributed by atoms with E-state index >= 15 is 0 Å². The Balaban J connectivity index is 2.29. The van der Waals surface area contributed by atoms with Crippen molar-refractivity contribution >= 4 is 11.7 Å². The van der Waals surface area contributed by atoms with Crippen LogP contribution in [0.1, 0.15) is 12.2 Å². The summed E-state index contributed by atoms with van der Waals surface area (Å²) in [7, 11) is 1.79. The van der Waals surface area contributed by atoms with Gasteiger partial charge in [-0.2, -0.15) is 5.26 Å². The number of amides is 1. The average molecular weight is 222 g/mol. The van der Waals surface area contributed by atoms with Gasteiger partial charge in [0.05, 0.1) is 12.6 Å². The highest BCUT2D eigenvalue weighted by Crippen LogP contribution is 2.07. The number of rotatable bonds is 5. The van der Waals surface area contributed by atoms with Crippen molar-refractivity contribution < 1.29 is 9.32 Å². The van der Waals surface area contributed by atoms with Crippen LogP contribution in [-0.4, -0.2) is 36.1 Å². The normalized spacial score (nSPS) is 10.1. The fourth-order valence-electron chi connectivity index (χ4n) is 1.12. The predicted octanol–water partition coefficient (Wildman–Crippen LogP) is 0.767. The molecule has 0 spiro atoms. The number of nitrogens with one attached hydrogen (secondary N) is 1. The summed E-state index contributed by atoms with van der Waals surface area (Å²) in [5.41, 5.74) is 0. The molecule has 0 bridgehead atoms. The van der Waals surface area contributed by atoms with Crippen molar-refractivity contribution in [2.45, 2.75) is 13.3 Å². The Labute approximate surface area is 93.8 Å². The van der Waals surface area contributed by atoms with Gasteiger partial charge in [-0.1, -0.05) is 5.16 Å². The molecule has 86 valence electrons. The Morgan fingerprint density at radius 1 is 1.75 bits per heavy atom. The Bertz CT molecular complexity index is 394. The topological polar surface area (TPSA) is 82.2 Å². The van der Waals surface area contributed by atoms with Crippen molar-refractivity contribution in [2.75, 3.05) is 25.5 Å². The van der Waals surface area contributed by atoms with Gasteiger partial charge in [0.1, 0.15) is 5.76 Å². The first kappa shape index (κ1) is 12.2. The van der Waals surface area contributed by atoms with Crippen LogP contribution in [-0.2, 0) is 4.79 Å². The maximum absolute atomic E-state index is 11.4. The molecule has 16 heavy (non-hydrogen) atoms. The summed E-state index contributed by atoms with van der Waals surface area (Å²) in [6.07, 6.45) is 0.323. The first-order valence-corrected chi connectivity index (χ1v) is 4.90. The van der Waals surface area contributed by atoms with E-state index in [1.54, 1.807) is 24.9 Å². The van der Waals surface area contributed by atoms with Gasteiger partial charge in [0.25, 0.3) is 0 Å². The van der Waals surface area contributed by atoms with Crippen LogP contribution in [0.25, 0.3) is 0 Å². The SMILES string of the molecule is Cc1cc(NC(=O)CCN(C)CC#N)no1. The quantitative estimate of drug-likeness (QED) is 0.744. The molecule has 0 saturated carbocycles. The number of aryl methyl sites for hydroxylation is 1. The van der Waals surface area contributed by atoms with E-state index in [-0.39, 0.29) is 5.91 Å². The molecule has 1 heterocycles. The fraction of sp³-hybridized carbons (Fsp3) is 0.500. The zero-order valence-electron chi connectivity index (χ0n) is 9.36. The van der Waals surface area contributed by atoms with E-state index in [2.05, 4.69) is 10.5 Å². The number of anilines is 1. The van der Waals surface area contributed by atoms with Gasteiger partial charge in [-0.15, -0.1) is 0 Å². The van der Waals surface area contributed by atoms with Gasteiger partial charge >= 0.3 is 0 Å². The maximum Gasteiger partial charge on any atom is 0.226 e. The molecule has 0 fully saturated rings. The molecule has 0 aliphatic rings. The highest BCUT2D eigenvalue weighted by atomic mass is 16.5. The summed E-state index contributed by atoms with van der Waals surface area (Å²) in [5, 5.41) is 14.7. The van der Waals surface area contributed by atoms with Crippen molar-refractivity contribution in [1.82, 2.24) is 10.1 Å². The minimum Gasteiger partial charge on any atom is -0.360 e. The lowest BCUT2D eigenvalue weighted by Gasteiger charge is -2.10. The number of hydrogen-bond acceptors (Lipinski definition) is 5. The molecule has 1 N–H and O–H groups in total. The van der Waals surface area contributed by atoms with Gasteiger partial charge in [-0.3, -0.25) is 9.69 Å². The summed E-state index contributed by atoms with van der Waals surface area (Å²) < 4.78 is 4.81. The highest BCUT2D eigenvalue weighted by molar-refractivity contribution is 5.89. The molecule has 0 saturated heterocycles. The van der Waals surface area contributed by atoms with Gasteiger partial charge < -0.3 is 9.84 Å². The third kappa shape index (κ3) is 4.11. The van der Waals surface area contributed by atoms with Crippen molar-refractivity contribution in [3.8, 4) is 6.07 Å². The lowest BCUT2D eigenvalue weighted by atomic mass is 10.3. The molecule has 6 heteroatoms. The average Bonchev–Trinajstić information content (AvgIpc) is 2.61. The lowest BCUT2D eigenvalue weighted by Crippen LogP contribution is -2.24. The molecule has 0 aliphatic carbocycles. The second-order valence-electron chi connectivity index (χ2n) is 3.52. The molecule has 0 atom stereocenters. The van der Waals surface area contributed by atoms with E-state index < -0.39 is 0 Å². The van der Waals surface area contributed by atoms with Crippen molar-refractivity contribution in [3.05, 3.63) is 11.8 Å². The van der Waals surface area contributed by atoms with Gasteiger partial charge in [-0.05, 0) is 14.0 Å². The molecule has 1 amide bonds. The first-order valence-electron chi connectivity index (χ1n) is 4.90. The number of nitrogens with zero attached hydrogens (tertiary/aromatic N) is 3. The molecule has 1 aromatic rings. The molecule has 1 rings (SSSR count). The third-order valence-corrected chi connectivity index (χ3v) is 1.96. The maximum atomic E-state index is 11.4. The summed E-state index contributed by atoms with van der Waals surface area (Å²) in [6.45, 7) is 2.61. The van der Waals surface area contributed by atoms with Gasteiger partial charge in [0, 0.05) is 19.0 Å². The van der Waals surface area contributed by atoms with Gasteiger partial charge in [-0.25, -0.2) is 0 Å². The lowest BCUT2D eigenvalue weighted by molar-refractivity contribution is -0.116. The Kier molecular flexibility index (Phi) is 4.48. The van der Waals surface area contributed by atoms with Crippen LogP contribution in [0.4, 0.5) is 5.82 Å². The number of hydrogen-bond donors (Lipinski definition) is 1. The van der Waals surface area contributed by atoms with Crippen molar-refractivity contribution in [3.63, 3.8) is 0 Å². The van der Waals surface area contributed by atoms with Crippen molar-refractivity contribution in [1.29, 1.82) is 5.26 Å². The monoisotopic (exact) mass is 222 g/mol. The van der Waals surface area contributed by atoms with Gasteiger partial charge in [0.15, 0.2) is 5.82 Å². The van der Waals surface area contributed by atoms with Crippen LogP contribution in [0.3, 0.4) is 0 Å². The summed E-state index contributed by atoms with van der Waals surface area (Å²) in [5.74, 6) is 0.931. The Morgan fingerprint density at radius 2 is 2.50 bits per heavy atom. The molecular weight excluding hydrogens is 208 g/mol. The first-order chi connectivity index (χ1) is 7.61. The van der Waals surface area contributed by atoms with E-state index in [9.17, 15) is 4.79 Å². The molecular formula is C10H14N4O2. The Morgan fingerprint density at radius 3 is 3.06 bits per heavy atom. The molecule has 0 aromatic carbocycles. The second-order valence-corrected chi connectivity index (χ2v) is 3.52. The van der Waals surface area contributed by atoms with E-state index in [0.29, 0.717) is 31.1 Å². The number of aromatic nitrogens is 1. The van der Waals surface area contributed by atoms with Crippen LogP contribution < -0.4 is 5.32 Å². The van der Waals surface area contributed by atoms with Crippen LogP contribution in [0.15, 0.2) is 10.6 Å². The Hall–Kier alpha value is -1.87. The van der Waals surface area contributed by atoms with Crippen molar-refractivity contribution in [2.24, 2.45) is 0 Å². The number of nitriles is 1. The van der Waals surface area contributed by atoms with E-state index in [4.69, 9.17) is 9.78 Å². The van der Waals surface area contributed by atoms with Gasteiger partial charge in [0.2, 0.25) is 5.91 Å². The second kappa shape index (κ2) is 5.88. The number of carbonyl (C=O) groups is 1. The molecule has 0 radical (unpaired) electrons. The van der Waals surface area contributed by atoms with E-state index in [0.717, 1.165) is 0 Å². The zero-order chi connectivity index (χ0) is 12.0.